The van der Waals surface area contributed by atoms with Gasteiger partial charge in [0.15, 0.2) is 0 Å². The summed E-state index contributed by atoms with van der Waals surface area (Å²) in [5, 5.41) is 18.3. The summed E-state index contributed by atoms with van der Waals surface area (Å²) in [7, 11) is 0. The minimum absolute atomic E-state index is 0.0702. The molecule has 1 aliphatic rings. The highest BCUT2D eigenvalue weighted by Crippen LogP contribution is 2.48. The van der Waals surface area contributed by atoms with Crippen molar-refractivity contribution in [3.63, 3.8) is 0 Å². The van der Waals surface area contributed by atoms with E-state index < -0.39 is 17.3 Å². The largest absolute Gasteiger partial charge is 0.481 e. The van der Waals surface area contributed by atoms with Gasteiger partial charge in [-0.1, -0.05) is 12.1 Å². The molecule has 0 spiro atoms. The van der Waals surface area contributed by atoms with Crippen molar-refractivity contribution >= 4 is 17.6 Å². The van der Waals surface area contributed by atoms with Crippen molar-refractivity contribution in [3.05, 3.63) is 41.5 Å². The molecule has 0 radical (unpaired) electrons. The standard InChI is InChI=1S/C14H14N4O3/c1-8-15-11(18-17-8)12(19)16-10-4-2-9(3-5-10)14(6-7-14)13(20)21/h2-5H,6-7H2,1H3,(H,16,19)(H,20,21)(H,15,17,18). The second-order valence-electron chi connectivity index (χ2n) is 5.16. The van der Waals surface area contributed by atoms with Gasteiger partial charge >= 0.3 is 5.97 Å². The zero-order valence-electron chi connectivity index (χ0n) is 11.4. The van der Waals surface area contributed by atoms with Crippen molar-refractivity contribution in [1.82, 2.24) is 15.2 Å². The molecule has 1 saturated carbocycles. The van der Waals surface area contributed by atoms with E-state index in [1.165, 1.54) is 0 Å². The van der Waals surface area contributed by atoms with E-state index in [0.717, 1.165) is 5.56 Å². The number of carboxylic acid groups (broad SMARTS) is 1. The van der Waals surface area contributed by atoms with E-state index in [2.05, 4.69) is 20.5 Å². The summed E-state index contributed by atoms with van der Waals surface area (Å²) >= 11 is 0. The number of carbonyl (C=O) groups is 2. The molecule has 7 heteroatoms. The van der Waals surface area contributed by atoms with E-state index in [0.29, 0.717) is 24.4 Å². The summed E-state index contributed by atoms with van der Waals surface area (Å²) in [5.41, 5.74) is 0.609. The minimum atomic E-state index is -0.796. The van der Waals surface area contributed by atoms with E-state index in [9.17, 15) is 14.7 Å². The SMILES string of the molecule is Cc1nc(C(=O)Nc2ccc(C3(C(=O)O)CC3)cc2)n[nH]1. The zero-order valence-corrected chi connectivity index (χ0v) is 11.4. The number of aliphatic carboxylic acids is 1. The molecule has 0 aliphatic heterocycles. The number of aryl methyl sites for hydroxylation is 1. The van der Waals surface area contributed by atoms with Crippen LogP contribution in [-0.4, -0.2) is 32.2 Å². The Morgan fingerprint density at radius 2 is 1.95 bits per heavy atom. The van der Waals surface area contributed by atoms with Crippen LogP contribution >= 0.6 is 0 Å². The lowest BCUT2D eigenvalue weighted by Crippen LogP contribution is -2.19. The molecule has 1 aromatic carbocycles. The molecule has 2 aromatic rings. The summed E-state index contributed by atoms with van der Waals surface area (Å²) < 4.78 is 0. The van der Waals surface area contributed by atoms with E-state index in [1.807, 2.05) is 0 Å². The molecule has 108 valence electrons. The van der Waals surface area contributed by atoms with Crippen LogP contribution in [0.5, 0.6) is 0 Å². The molecule has 1 amide bonds. The number of carboxylic acids is 1. The lowest BCUT2D eigenvalue weighted by molar-refractivity contribution is -0.140. The highest BCUT2D eigenvalue weighted by Gasteiger charge is 2.51. The zero-order chi connectivity index (χ0) is 15.0. The third-order valence-electron chi connectivity index (χ3n) is 3.66. The Hall–Kier alpha value is -2.70. The van der Waals surface area contributed by atoms with Crippen LogP contribution in [0.3, 0.4) is 0 Å². The van der Waals surface area contributed by atoms with Crippen LogP contribution in [0.2, 0.25) is 0 Å². The lowest BCUT2D eigenvalue weighted by atomic mass is 9.96. The van der Waals surface area contributed by atoms with Gasteiger partial charge in [0.1, 0.15) is 5.82 Å². The second-order valence-corrected chi connectivity index (χ2v) is 5.16. The summed E-state index contributed by atoms with van der Waals surface area (Å²) in [4.78, 5) is 27.1. The van der Waals surface area contributed by atoms with Gasteiger partial charge < -0.3 is 10.4 Å². The van der Waals surface area contributed by atoms with E-state index >= 15 is 0 Å². The average molecular weight is 286 g/mol. The maximum Gasteiger partial charge on any atom is 0.314 e. The van der Waals surface area contributed by atoms with E-state index in [4.69, 9.17) is 0 Å². The van der Waals surface area contributed by atoms with Crippen LogP contribution < -0.4 is 5.32 Å². The predicted octanol–water partition coefficient (Wildman–Crippen LogP) is 1.48. The first-order valence-corrected chi connectivity index (χ1v) is 6.55. The molecule has 1 aromatic heterocycles. The van der Waals surface area contributed by atoms with Crippen molar-refractivity contribution in [3.8, 4) is 0 Å². The smallest absolute Gasteiger partial charge is 0.314 e. The van der Waals surface area contributed by atoms with Gasteiger partial charge in [-0.2, -0.15) is 0 Å². The first kappa shape index (κ1) is 13.3. The number of anilines is 1. The molecule has 3 N–H and O–H groups in total. The first-order chi connectivity index (χ1) is 10.0. The number of carbonyl (C=O) groups excluding carboxylic acids is 1. The summed E-state index contributed by atoms with van der Waals surface area (Å²) in [5.74, 6) is -0.574. The predicted molar refractivity (Wildman–Crippen MR) is 74.1 cm³/mol. The molecule has 1 heterocycles. The molecule has 1 fully saturated rings. The number of aromatic amines is 1. The monoisotopic (exact) mass is 286 g/mol. The fourth-order valence-corrected chi connectivity index (χ4v) is 2.25. The van der Waals surface area contributed by atoms with E-state index in [1.54, 1.807) is 31.2 Å². The average Bonchev–Trinajstić information content (AvgIpc) is 3.16. The van der Waals surface area contributed by atoms with Crippen molar-refractivity contribution in [2.75, 3.05) is 5.32 Å². The van der Waals surface area contributed by atoms with Gasteiger partial charge in [0, 0.05) is 5.69 Å². The Labute approximate surface area is 120 Å². The molecule has 0 atom stereocenters. The Kier molecular flexibility index (Phi) is 2.97. The Bertz CT molecular complexity index is 701. The number of nitrogens with zero attached hydrogens (tertiary/aromatic N) is 2. The van der Waals surface area contributed by atoms with Gasteiger partial charge in [0.2, 0.25) is 5.82 Å². The van der Waals surface area contributed by atoms with E-state index in [-0.39, 0.29) is 5.82 Å². The van der Waals surface area contributed by atoms with Gasteiger partial charge in [-0.15, -0.1) is 5.10 Å². The summed E-state index contributed by atoms with van der Waals surface area (Å²) in [6.07, 6.45) is 1.31. The lowest BCUT2D eigenvalue weighted by Gasteiger charge is -2.11. The molecule has 3 rings (SSSR count). The van der Waals surface area contributed by atoms with Gasteiger partial charge in [-0.25, -0.2) is 4.98 Å². The number of nitrogens with one attached hydrogen (secondary N) is 2. The maximum absolute atomic E-state index is 11.9. The Balaban J connectivity index is 1.73. The first-order valence-electron chi connectivity index (χ1n) is 6.55. The van der Waals surface area contributed by atoms with Crippen LogP contribution in [0.1, 0.15) is 34.8 Å². The molecule has 1 aliphatic carbocycles. The van der Waals surface area contributed by atoms with Crippen LogP contribution in [0.15, 0.2) is 24.3 Å². The van der Waals surface area contributed by atoms with Gasteiger partial charge in [0.05, 0.1) is 5.41 Å². The van der Waals surface area contributed by atoms with Crippen LogP contribution in [0.4, 0.5) is 5.69 Å². The van der Waals surface area contributed by atoms with Crippen molar-refractivity contribution in [2.24, 2.45) is 0 Å². The number of H-pyrrole nitrogens is 1. The normalized spacial score (nSPS) is 15.5. The fourth-order valence-electron chi connectivity index (χ4n) is 2.25. The molecule has 0 bridgehead atoms. The highest BCUT2D eigenvalue weighted by molar-refractivity contribution is 6.01. The molecular formula is C14H14N4O3. The highest BCUT2D eigenvalue weighted by atomic mass is 16.4. The van der Waals surface area contributed by atoms with Crippen molar-refractivity contribution in [1.29, 1.82) is 0 Å². The molecule has 21 heavy (non-hydrogen) atoms. The van der Waals surface area contributed by atoms with Gasteiger partial charge in [-0.3, -0.25) is 14.7 Å². The number of aromatic nitrogens is 3. The number of rotatable bonds is 4. The number of hydrogen-bond donors (Lipinski definition) is 3. The van der Waals surface area contributed by atoms with Crippen LogP contribution in [0.25, 0.3) is 0 Å². The third kappa shape index (κ3) is 2.37. The quantitative estimate of drug-likeness (QED) is 0.789. The van der Waals surface area contributed by atoms with Gasteiger partial charge in [0.25, 0.3) is 5.91 Å². The van der Waals surface area contributed by atoms with Crippen molar-refractivity contribution in [2.45, 2.75) is 25.2 Å². The van der Waals surface area contributed by atoms with Crippen LogP contribution in [0, 0.1) is 6.92 Å². The van der Waals surface area contributed by atoms with Crippen LogP contribution in [-0.2, 0) is 10.2 Å². The Morgan fingerprint density at radius 1 is 1.29 bits per heavy atom. The number of hydrogen-bond acceptors (Lipinski definition) is 4. The fraction of sp³-hybridized carbons (Fsp3) is 0.286. The molecule has 7 nitrogen and oxygen atoms in total. The number of amides is 1. The summed E-state index contributed by atoms with van der Waals surface area (Å²) in [6.45, 7) is 1.71. The third-order valence-corrected chi connectivity index (χ3v) is 3.66. The Morgan fingerprint density at radius 3 is 2.43 bits per heavy atom. The van der Waals surface area contributed by atoms with Gasteiger partial charge in [-0.05, 0) is 37.5 Å². The maximum atomic E-state index is 11.9. The molecular weight excluding hydrogens is 272 g/mol. The van der Waals surface area contributed by atoms with Crippen molar-refractivity contribution < 1.29 is 14.7 Å². The summed E-state index contributed by atoms with van der Waals surface area (Å²) in [6, 6.07) is 6.85. The second kappa shape index (κ2) is 4.69. The number of benzene rings is 1. The topological polar surface area (TPSA) is 108 Å². The minimum Gasteiger partial charge on any atom is -0.481 e. The molecule has 0 unspecified atom stereocenters. The molecule has 0 saturated heterocycles.